The number of methoxy groups -OCH3 is 2. The molecule has 3 nitrogen and oxygen atoms in total. The van der Waals surface area contributed by atoms with E-state index in [0.717, 1.165) is 11.3 Å². The van der Waals surface area contributed by atoms with Gasteiger partial charge in [0.2, 0.25) is 0 Å². The third-order valence-electron chi connectivity index (χ3n) is 2.58. The molecule has 0 heterocycles. The van der Waals surface area contributed by atoms with E-state index in [1.807, 2.05) is 36.4 Å². The average molecular weight is 276 g/mol. The van der Waals surface area contributed by atoms with Crippen molar-refractivity contribution in [3.8, 4) is 11.5 Å². The summed E-state index contributed by atoms with van der Waals surface area (Å²) in [6, 6.07) is 13.0. The van der Waals surface area contributed by atoms with E-state index < -0.39 is 0 Å². The van der Waals surface area contributed by atoms with Gasteiger partial charge in [0.05, 0.1) is 19.9 Å². The van der Waals surface area contributed by atoms with Crippen LogP contribution >= 0.6 is 11.6 Å². The van der Waals surface area contributed by atoms with E-state index in [0.29, 0.717) is 16.5 Å². The van der Waals surface area contributed by atoms with E-state index in [1.165, 1.54) is 0 Å². The van der Waals surface area contributed by atoms with Gasteiger partial charge in [-0.25, -0.2) is 0 Å². The third kappa shape index (κ3) is 3.48. The fraction of sp³-hybridized carbons (Fsp3) is 0.133. The van der Waals surface area contributed by atoms with Gasteiger partial charge >= 0.3 is 0 Å². The average Bonchev–Trinajstić information content (AvgIpc) is 2.45. The Morgan fingerprint density at radius 2 is 1.79 bits per heavy atom. The molecule has 2 aromatic carbocycles. The highest BCUT2D eigenvalue weighted by Gasteiger charge is 2.02. The molecule has 0 saturated heterocycles. The summed E-state index contributed by atoms with van der Waals surface area (Å²) in [5.41, 5.74) is 1.74. The number of aliphatic imine (C=N–C) groups is 1. The molecule has 0 unspecified atom stereocenters. The van der Waals surface area contributed by atoms with Crippen LogP contribution in [0.4, 0.5) is 5.69 Å². The molecule has 0 aliphatic heterocycles. The molecule has 0 aliphatic rings. The van der Waals surface area contributed by atoms with Gasteiger partial charge in [0.1, 0.15) is 0 Å². The molecule has 0 radical (unpaired) electrons. The molecule has 0 amide bonds. The molecule has 0 saturated carbocycles. The van der Waals surface area contributed by atoms with E-state index >= 15 is 0 Å². The molecule has 19 heavy (non-hydrogen) atoms. The van der Waals surface area contributed by atoms with Gasteiger partial charge in [-0.3, -0.25) is 4.99 Å². The fourth-order valence-electron chi connectivity index (χ4n) is 1.64. The zero-order chi connectivity index (χ0) is 13.7. The number of nitrogens with zero attached hydrogens (tertiary/aromatic N) is 1. The van der Waals surface area contributed by atoms with Gasteiger partial charge in [-0.05, 0) is 42.0 Å². The molecule has 0 atom stereocenters. The lowest BCUT2D eigenvalue weighted by molar-refractivity contribution is 0.355. The molecule has 0 aliphatic carbocycles. The summed E-state index contributed by atoms with van der Waals surface area (Å²) < 4.78 is 10.4. The summed E-state index contributed by atoms with van der Waals surface area (Å²) in [7, 11) is 3.22. The van der Waals surface area contributed by atoms with Gasteiger partial charge in [0.25, 0.3) is 0 Å². The van der Waals surface area contributed by atoms with Crippen LogP contribution in [0.2, 0.25) is 5.02 Å². The van der Waals surface area contributed by atoms with Gasteiger partial charge in [-0.2, -0.15) is 0 Å². The van der Waals surface area contributed by atoms with E-state index in [-0.39, 0.29) is 0 Å². The van der Waals surface area contributed by atoms with Crippen LogP contribution in [-0.2, 0) is 0 Å². The number of hydrogen-bond donors (Lipinski definition) is 0. The van der Waals surface area contributed by atoms with Gasteiger partial charge in [-0.1, -0.05) is 17.7 Å². The van der Waals surface area contributed by atoms with Crippen molar-refractivity contribution >= 4 is 23.5 Å². The zero-order valence-corrected chi connectivity index (χ0v) is 11.5. The number of halogens is 1. The van der Waals surface area contributed by atoms with E-state index in [1.54, 1.807) is 26.5 Å². The molecule has 2 rings (SSSR count). The highest BCUT2D eigenvalue weighted by Crippen LogP contribution is 2.27. The van der Waals surface area contributed by atoms with Crippen molar-refractivity contribution < 1.29 is 9.47 Å². The Hall–Kier alpha value is -2.00. The first-order valence-corrected chi connectivity index (χ1v) is 6.12. The second kappa shape index (κ2) is 6.25. The first kappa shape index (κ1) is 13.4. The fourth-order valence-corrected chi connectivity index (χ4v) is 1.82. The van der Waals surface area contributed by atoms with Crippen LogP contribution in [0.1, 0.15) is 5.56 Å². The largest absolute Gasteiger partial charge is 0.493 e. The summed E-state index contributed by atoms with van der Waals surface area (Å²) >= 11 is 5.90. The molecular formula is C15H14ClNO2. The molecule has 98 valence electrons. The summed E-state index contributed by atoms with van der Waals surface area (Å²) in [6.07, 6.45) is 1.76. The Morgan fingerprint density at radius 3 is 2.47 bits per heavy atom. The maximum Gasteiger partial charge on any atom is 0.161 e. The summed E-state index contributed by atoms with van der Waals surface area (Å²) in [6.45, 7) is 0. The number of rotatable bonds is 4. The molecule has 0 aromatic heterocycles. The van der Waals surface area contributed by atoms with Crippen LogP contribution in [0.3, 0.4) is 0 Å². The smallest absolute Gasteiger partial charge is 0.161 e. The Morgan fingerprint density at radius 1 is 1.00 bits per heavy atom. The van der Waals surface area contributed by atoms with Gasteiger partial charge in [0, 0.05) is 11.2 Å². The Bertz CT molecular complexity index is 596. The number of ether oxygens (including phenoxy) is 2. The van der Waals surface area contributed by atoms with Crippen molar-refractivity contribution in [1.82, 2.24) is 0 Å². The quantitative estimate of drug-likeness (QED) is 0.786. The molecule has 0 bridgehead atoms. The van der Waals surface area contributed by atoms with Crippen molar-refractivity contribution in [2.75, 3.05) is 14.2 Å². The molecular weight excluding hydrogens is 262 g/mol. The van der Waals surface area contributed by atoms with Gasteiger partial charge in [0.15, 0.2) is 11.5 Å². The zero-order valence-electron chi connectivity index (χ0n) is 10.8. The third-order valence-corrected chi connectivity index (χ3v) is 2.81. The predicted molar refractivity (Wildman–Crippen MR) is 78.3 cm³/mol. The minimum Gasteiger partial charge on any atom is -0.493 e. The first-order valence-electron chi connectivity index (χ1n) is 5.74. The van der Waals surface area contributed by atoms with Crippen LogP contribution in [0.25, 0.3) is 0 Å². The topological polar surface area (TPSA) is 30.8 Å². The van der Waals surface area contributed by atoms with Gasteiger partial charge < -0.3 is 9.47 Å². The van der Waals surface area contributed by atoms with Gasteiger partial charge in [-0.15, -0.1) is 0 Å². The maximum absolute atomic E-state index is 5.90. The van der Waals surface area contributed by atoms with Crippen LogP contribution in [-0.4, -0.2) is 20.4 Å². The normalized spacial score (nSPS) is 10.7. The summed E-state index contributed by atoms with van der Waals surface area (Å²) in [5.74, 6) is 1.37. The lowest BCUT2D eigenvalue weighted by atomic mass is 10.2. The molecule has 0 N–H and O–H groups in total. The minimum absolute atomic E-state index is 0.668. The second-order valence-corrected chi connectivity index (χ2v) is 4.29. The Balaban J connectivity index is 2.23. The van der Waals surface area contributed by atoms with Crippen molar-refractivity contribution in [3.63, 3.8) is 0 Å². The van der Waals surface area contributed by atoms with Crippen LogP contribution in [0.15, 0.2) is 47.5 Å². The highest BCUT2D eigenvalue weighted by molar-refractivity contribution is 6.30. The van der Waals surface area contributed by atoms with Crippen molar-refractivity contribution in [3.05, 3.63) is 53.1 Å². The SMILES string of the molecule is COc1ccc(C=Nc2cccc(Cl)c2)cc1OC. The Labute approximate surface area is 117 Å². The lowest BCUT2D eigenvalue weighted by Crippen LogP contribution is -1.91. The second-order valence-electron chi connectivity index (χ2n) is 3.85. The van der Waals surface area contributed by atoms with E-state index in [4.69, 9.17) is 21.1 Å². The molecule has 0 spiro atoms. The standard InChI is InChI=1S/C15H14ClNO2/c1-18-14-7-6-11(8-15(14)19-2)10-17-13-5-3-4-12(16)9-13/h3-10H,1-2H3. The molecule has 0 fully saturated rings. The van der Waals surface area contributed by atoms with Crippen molar-refractivity contribution in [2.45, 2.75) is 0 Å². The lowest BCUT2D eigenvalue weighted by Gasteiger charge is -2.07. The monoisotopic (exact) mass is 275 g/mol. The van der Waals surface area contributed by atoms with Crippen molar-refractivity contribution in [2.24, 2.45) is 4.99 Å². The highest BCUT2D eigenvalue weighted by atomic mass is 35.5. The summed E-state index contributed by atoms with van der Waals surface area (Å²) in [5, 5.41) is 0.668. The molecule has 2 aromatic rings. The molecule has 4 heteroatoms. The number of hydrogen-bond acceptors (Lipinski definition) is 3. The van der Waals surface area contributed by atoms with E-state index in [9.17, 15) is 0 Å². The summed E-state index contributed by atoms with van der Waals surface area (Å²) in [4.78, 5) is 4.36. The van der Waals surface area contributed by atoms with Crippen LogP contribution in [0.5, 0.6) is 11.5 Å². The van der Waals surface area contributed by atoms with Crippen molar-refractivity contribution in [1.29, 1.82) is 0 Å². The van der Waals surface area contributed by atoms with E-state index in [2.05, 4.69) is 4.99 Å². The maximum atomic E-state index is 5.90. The Kier molecular flexibility index (Phi) is 4.42. The van der Waals surface area contributed by atoms with Crippen LogP contribution < -0.4 is 9.47 Å². The number of benzene rings is 2. The first-order chi connectivity index (χ1) is 9.22. The predicted octanol–water partition coefficient (Wildman–Crippen LogP) is 4.11. The minimum atomic E-state index is 0.668. The van der Waals surface area contributed by atoms with Crippen LogP contribution in [0, 0.1) is 0 Å².